The maximum absolute atomic E-state index is 13.4. The first-order valence-corrected chi connectivity index (χ1v) is 9.51. The first kappa shape index (κ1) is 18.4. The van der Waals surface area contributed by atoms with Gasteiger partial charge < -0.3 is 10.2 Å². The average Bonchev–Trinajstić information content (AvgIpc) is 3.52. The molecule has 0 spiro atoms. The van der Waals surface area contributed by atoms with Gasteiger partial charge in [-0.15, -0.1) is 0 Å². The number of nitrogens with one attached hydrogen (secondary N) is 1. The summed E-state index contributed by atoms with van der Waals surface area (Å²) in [6.45, 7) is 0.323. The van der Waals surface area contributed by atoms with Crippen LogP contribution in [0.1, 0.15) is 28.8 Å². The Kier molecular flexibility index (Phi) is 5.26. The Hall–Kier alpha value is -2.92. The van der Waals surface area contributed by atoms with E-state index >= 15 is 0 Å². The van der Waals surface area contributed by atoms with Crippen molar-refractivity contribution in [3.05, 3.63) is 88.8 Å². The van der Waals surface area contributed by atoms with Gasteiger partial charge in [-0.2, -0.15) is 0 Å². The predicted molar refractivity (Wildman–Crippen MR) is 109 cm³/mol. The molecule has 0 saturated heterocycles. The predicted octanol–water partition coefficient (Wildman–Crippen LogP) is 5.30. The minimum Gasteiger partial charge on any atom is -0.367 e. The molecule has 0 bridgehead atoms. The van der Waals surface area contributed by atoms with E-state index in [1.54, 1.807) is 47.5 Å². The van der Waals surface area contributed by atoms with E-state index < -0.39 is 0 Å². The highest BCUT2D eigenvalue weighted by atomic mass is 35.5. The van der Waals surface area contributed by atoms with Gasteiger partial charge in [-0.1, -0.05) is 17.7 Å². The number of nitrogens with zero attached hydrogens (tertiary/aromatic N) is 2. The summed E-state index contributed by atoms with van der Waals surface area (Å²) < 4.78 is 13.4. The van der Waals surface area contributed by atoms with Crippen molar-refractivity contribution in [2.45, 2.75) is 25.4 Å². The van der Waals surface area contributed by atoms with Gasteiger partial charge in [-0.3, -0.25) is 4.79 Å². The second kappa shape index (κ2) is 7.98. The van der Waals surface area contributed by atoms with Gasteiger partial charge in [0.15, 0.2) is 0 Å². The van der Waals surface area contributed by atoms with Gasteiger partial charge in [-0.25, -0.2) is 9.37 Å². The molecule has 142 valence electrons. The molecule has 0 atom stereocenters. The van der Waals surface area contributed by atoms with Crippen LogP contribution in [0.5, 0.6) is 0 Å². The summed E-state index contributed by atoms with van der Waals surface area (Å²) >= 11 is 5.93. The second-order valence-corrected chi connectivity index (χ2v) is 7.28. The molecule has 3 aromatic rings. The van der Waals surface area contributed by atoms with Crippen molar-refractivity contribution < 1.29 is 9.18 Å². The maximum Gasteiger partial charge on any atom is 0.258 e. The lowest BCUT2D eigenvalue weighted by molar-refractivity contribution is 0.0985. The van der Waals surface area contributed by atoms with E-state index in [0.29, 0.717) is 28.9 Å². The summed E-state index contributed by atoms with van der Waals surface area (Å²) in [4.78, 5) is 19.2. The Morgan fingerprint density at radius 3 is 2.39 bits per heavy atom. The first-order valence-electron chi connectivity index (χ1n) is 9.13. The van der Waals surface area contributed by atoms with Gasteiger partial charge >= 0.3 is 0 Å². The van der Waals surface area contributed by atoms with Crippen LogP contribution in [0.15, 0.2) is 66.9 Å². The van der Waals surface area contributed by atoms with Crippen molar-refractivity contribution in [3.8, 4) is 0 Å². The van der Waals surface area contributed by atoms with Crippen LogP contribution in [0.4, 0.5) is 15.9 Å². The van der Waals surface area contributed by atoms with E-state index in [2.05, 4.69) is 10.3 Å². The van der Waals surface area contributed by atoms with Crippen LogP contribution in [0.3, 0.4) is 0 Å². The van der Waals surface area contributed by atoms with Crippen LogP contribution >= 0.6 is 11.6 Å². The lowest BCUT2D eigenvalue weighted by atomic mass is 10.1. The minimum atomic E-state index is -0.347. The third-order valence-electron chi connectivity index (χ3n) is 4.57. The van der Waals surface area contributed by atoms with Crippen molar-refractivity contribution >= 4 is 29.0 Å². The molecule has 4 rings (SSSR count). The zero-order chi connectivity index (χ0) is 19.5. The number of carbonyl (C=O) groups excluding carboxylic acids is 1. The summed E-state index contributed by atoms with van der Waals surface area (Å²) in [5.74, 6) is 0.298. The molecule has 0 aliphatic heterocycles. The normalized spacial score (nSPS) is 13.2. The smallest absolute Gasteiger partial charge is 0.258 e. The second-order valence-electron chi connectivity index (χ2n) is 6.84. The topological polar surface area (TPSA) is 45.2 Å². The van der Waals surface area contributed by atoms with Gasteiger partial charge in [0.2, 0.25) is 0 Å². The van der Waals surface area contributed by atoms with Crippen molar-refractivity contribution in [1.29, 1.82) is 0 Å². The number of hydrogen-bond acceptors (Lipinski definition) is 3. The molecule has 1 heterocycles. The zero-order valence-corrected chi connectivity index (χ0v) is 15.9. The summed E-state index contributed by atoms with van der Waals surface area (Å²) in [5.41, 5.74) is 2.00. The largest absolute Gasteiger partial charge is 0.367 e. The Morgan fingerprint density at radius 2 is 1.79 bits per heavy atom. The van der Waals surface area contributed by atoms with Gasteiger partial charge in [0.25, 0.3) is 5.91 Å². The van der Waals surface area contributed by atoms with Gasteiger partial charge in [-0.05, 0) is 73.0 Å². The molecule has 1 aliphatic carbocycles. The molecule has 1 aromatic heterocycles. The molecule has 1 aliphatic rings. The summed E-state index contributed by atoms with van der Waals surface area (Å²) in [6, 6.07) is 17.0. The SMILES string of the molecule is O=C(c1ccc(Cl)cc1)N(Cc1ccc(NC2CC2)nc1)c1ccc(F)cc1. The van der Waals surface area contributed by atoms with Crippen molar-refractivity contribution in [2.75, 3.05) is 10.2 Å². The quantitative estimate of drug-likeness (QED) is 0.616. The highest BCUT2D eigenvalue weighted by Crippen LogP contribution is 2.25. The summed E-state index contributed by atoms with van der Waals surface area (Å²) in [5, 5.41) is 3.91. The number of benzene rings is 2. The Balaban J connectivity index is 1.59. The Labute approximate surface area is 168 Å². The molecule has 0 unspecified atom stereocenters. The van der Waals surface area contributed by atoms with E-state index in [9.17, 15) is 9.18 Å². The van der Waals surface area contributed by atoms with E-state index in [0.717, 1.165) is 11.4 Å². The molecule has 1 amide bonds. The van der Waals surface area contributed by atoms with Crippen molar-refractivity contribution in [3.63, 3.8) is 0 Å². The van der Waals surface area contributed by atoms with Gasteiger partial charge in [0.05, 0.1) is 6.54 Å². The molecule has 2 aromatic carbocycles. The third-order valence-corrected chi connectivity index (χ3v) is 4.82. The van der Waals surface area contributed by atoms with E-state index in [1.165, 1.54) is 25.0 Å². The molecule has 4 nitrogen and oxygen atoms in total. The number of aromatic nitrogens is 1. The minimum absolute atomic E-state index is 0.191. The lowest BCUT2D eigenvalue weighted by Gasteiger charge is -2.23. The number of amides is 1. The summed E-state index contributed by atoms with van der Waals surface area (Å²) in [6.07, 6.45) is 4.12. The maximum atomic E-state index is 13.4. The van der Waals surface area contributed by atoms with E-state index in [4.69, 9.17) is 11.6 Å². The molecule has 28 heavy (non-hydrogen) atoms. The Bertz CT molecular complexity index is 955. The number of carbonyl (C=O) groups is 1. The number of hydrogen-bond donors (Lipinski definition) is 1. The zero-order valence-electron chi connectivity index (χ0n) is 15.1. The fraction of sp³-hybridized carbons (Fsp3) is 0.182. The molecule has 0 radical (unpaired) electrons. The highest BCUT2D eigenvalue weighted by molar-refractivity contribution is 6.30. The molecule has 1 N–H and O–H groups in total. The van der Waals surface area contributed by atoms with Crippen LogP contribution in [0.2, 0.25) is 5.02 Å². The lowest BCUT2D eigenvalue weighted by Crippen LogP contribution is -2.30. The van der Waals surface area contributed by atoms with Gasteiger partial charge in [0.1, 0.15) is 11.6 Å². The third kappa shape index (κ3) is 4.49. The monoisotopic (exact) mass is 395 g/mol. The number of halogens is 2. The average molecular weight is 396 g/mol. The van der Waals surface area contributed by atoms with Crippen LogP contribution < -0.4 is 10.2 Å². The number of pyridine rings is 1. The molecular weight excluding hydrogens is 377 g/mol. The number of rotatable bonds is 6. The fourth-order valence-electron chi connectivity index (χ4n) is 2.87. The first-order chi connectivity index (χ1) is 13.6. The van der Waals surface area contributed by atoms with Crippen LogP contribution in [-0.2, 0) is 6.54 Å². The highest BCUT2D eigenvalue weighted by Gasteiger charge is 2.22. The molecule has 1 fully saturated rings. The Morgan fingerprint density at radius 1 is 1.07 bits per heavy atom. The van der Waals surface area contributed by atoms with Crippen molar-refractivity contribution in [2.24, 2.45) is 0 Å². The van der Waals surface area contributed by atoms with E-state index in [1.807, 2.05) is 12.1 Å². The molecular formula is C22H19ClFN3O. The van der Waals surface area contributed by atoms with Crippen LogP contribution in [-0.4, -0.2) is 16.9 Å². The molecule has 6 heteroatoms. The van der Waals surface area contributed by atoms with E-state index in [-0.39, 0.29) is 11.7 Å². The fourth-order valence-corrected chi connectivity index (χ4v) is 3.00. The molecule has 1 saturated carbocycles. The van der Waals surface area contributed by atoms with Crippen molar-refractivity contribution in [1.82, 2.24) is 4.98 Å². The van der Waals surface area contributed by atoms with Gasteiger partial charge in [0, 0.05) is 28.5 Å². The van der Waals surface area contributed by atoms with Crippen LogP contribution in [0, 0.1) is 5.82 Å². The van der Waals surface area contributed by atoms with Crippen LogP contribution in [0.25, 0.3) is 0 Å². The standard InChI is InChI=1S/C22H19ClFN3O/c23-17-4-2-16(3-5-17)22(28)27(20-10-6-18(24)7-11-20)14-15-1-12-21(25-13-15)26-19-8-9-19/h1-7,10-13,19H,8-9,14H2,(H,25,26). The number of anilines is 2. The summed E-state index contributed by atoms with van der Waals surface area (Å²) in [7, 11) is 0.